The quantitative estimate of drug-likeness (QED) is 0.771. The molecule has 76 valence electrons. The van der Waals surface area contributed by atoms with Gasteiger partial charge in [-0.05, 0) is 32.1 Å². The van der Waals surface area contributed by atoms with Gasteiger partial charge in [-0.3, -0.25) is 0 Å². The highest BCUT2D eigenvalue weighted by atomic mass is 32.1. The van der Waals surface area contributed by atoms with Crippen LogP contribution in [0, 0.1) is 0 Å². The SMILES string of the molecule is CC1(c2nc3c(s2)CCCC3O)CC1. The van der Waals surface area contributed by atoms with Crippen molar-refractivity contribution in [1.29, 1.82) is 0 Å². The van der Waals surface area contributed by atoms with E-state index < -0.39 is 0 Å². The van der Waals surface area contributed by atoms with Crippen LogP contribution in [0.2, 0.25) is 0 Å². The van der Waals surface area contributed by atoms with Gasteiger partial charge in [0.1, 0.15) is 0 Å². The van der Waals surface area contributed by atoms with E-state index >= 15 is 0 Å². The van der Waals surface area contributed by atoms with Crippen molar-refractivity contribution in [1.82, 2.24) is 4.98 Å². The molecule has 2 aliphatic rings. The van der Waals surface area contributed by atoms with E-state index in [0.29, 0.717) is 5.41 Å². The first kappa shape index (κ1) is 8.86. The highest BCUT2D eigenvalue weighted by Gasteiger charge is 2.43. The third-order valence-corrected chi connectivity index (χ3v) is 4.88. The van der Waals surface area contributed by atoms with Gasteiger partial charge in [-0.2, -0.15) is 0 Å². The summed E-state index contributed by atoms with van der Waals surface area (Å²) in [5, 5.41) is 11.1. The van der Waals surface area contributed by atoms with Crippen LogP contribution < -0.4 is 0 Å². The molecule has 0 aliphatic heterocycles. The van der Waals surface area contributed by atoms with Gasteiger partial charge in [0.05, 0.1) is 16.8 Å². The predicted molar refractivity (Wildman–Crippen MR) is 56.6 cm³/mol. The van der Waals surface area contributed by atoms with E-state index in [9.17, 15) is 5.11 Å². The lowest BCUT2D eigenvalue weighted by Crippen LogP contribution is -2.07. The lowest BCUT2D eigenvalue weighted by Gasteiger charge is -2.14. The Bertz CT molecular complexity index is 367. The van der Waals surface area contributed by atoms with Gasteiger partial charge in [-0.15, -0.1) is 11.3 Å². The summed E-state index contributed by atoms with van der Waals surface area (Å²) in [4.78, 5) is 5.97. The molecule has 1 saturated carbocycles. The minimum atomic E-state index is -0.286. The van der Waals surface area contributed by atoms with Crippen LogP contribution in [-0.4, -0.2) is 10.1 Å². The summed E-state index contributed by atoms with van der Waals surface area (Å²) < 4.78 is 0. The van der Waals surface area contributed by atoms with E-state index in [4.69, 9.17) is 0 Å². The zero-order chi connectivity index (χ0) is 9.76. The van der Waals surface area contributed by atoms with Crippen molar-refractivity contribution in [2.75, 3.05) is 0 Å². The van der Waals surface area contributed by atoms with Crippen LogP contribution in [0.5, 0.6) is 0 Å². The maximum absolute atomic E-state index is 9.80. The van der Waals surface area contributed by atoms with E-state index in [0.717, 1.165) is 25.0 Å². The third kappa shape index (κ3) is 1.22. The first-order valence-corrected chi connectivity index (χ1v) is 6.19. The van der Waals surface area contributed by atoms with Crippen LogP contribution in [-0.2, 0) is 11.8 Å². The van der Waals surface area contributed by atoms with Gasteiger partial charge in [0.2, 0.25) is 0 Å². The summed E-state index contributed by atoms with van der Waals surface area (Å²) in [6, 6.07) is 0. The molecule has 0 amide bonds. The topological polar surface area (TPSA) is 33.1 Å². The molecule has 0 aromatic carbocycles. The number of thiazole rings is 1. The summed E-state index contributed by atoms with van der Waals surface area (Å²) >= 11 is 1.84. The van der Waals surface area contributed by atoms with Crippen LogP contribution in [0.15, 0.2) is 0 Å². The Kier molecular flexibility index (Phi) is 1.77. The maximum Gasteiger partial charge on any atom is 0.0991 e. The zero-order valence-electron chi connectivity index (χ0n) is 8.42. The Balaban J connectivity index is 2.02. The molecule has 0 spiro atoms. The number of nitrogens with zero attached hydrogens (tertiary/aromatic N) is 1. The Morgan fingerprint density at radius 1 is 1.50 bits per heavy atom. The van der Waals surface area contributed by atoms with Gasteiger partial charge < -0.3 is 5.11 Å². The molecular formula is C11H15NOS. The number of aromatic nitrogens is 1. The molecule has 14 heavy (non-hydrogen) atoms. The Hall–Kier alpha value is -0.410. The summed E-state index contributed by atoms with van der Waals surface area (Å²) in [6.07, 6.45) is 5.40. The average molecular weight is 209 g/mol. The summed E-state index contributed by atoms with van der Waals surface area (Å²) in [7, 11) is 0. The number of aryl methyl sites for hydroxylation is 1. The van der Waals surface area contributed by atoms with Gasteiger partial charge in [-0.1, -0.05) is 6.92 Å². The molecule has 1 N–H and O–H groups in total. The molecule has 1 fully saturated rings. The largest absolute Gasteiger partial charge is 0.387 e. The Labute approximate surface area is 88.0 Å². The molecule has 3 rings (SSSR count). The standard InChI is InChI=1S/C11H15NOS/c1-11(5-6-11)10-12-9-7(13)3-2-4-8(9)14-10/h7,13H,2-6H2,1H3. The second-order valence-electron chi connectivity index (χ2n) is 4.80. The molecule has 1 aromatic rings. The number of rotatable bonds is 1. The molecule has 2 nitrogen and oxygen atoms in total. The van der Waals surface area contributed by atoms with Crippen molar-refractivity contribution in [2.45, 2.75) is 50.5 Å². The summed E-state index contributed by atoms with van der Waals surface area (Å²) in [5.41, 5.74) is 1.35. The Morgan fingerprint density at radius 3 is 2.93 bits per heavy atom. The monoisotopic (exact) mass is 209 g/mol. The second kappa shape index (κ2) is 2.80. The molecule has 3 heteroatoms. The first-order chi connectivity index (χ1) is 6.69. The minimum Gasteiger partial charge on any atom is -0.387 e. The first-order valence-electron chi connectivity index (χ1n) is 5.37. The molecule has 1 atom stereocenters. The van der Waals surface area contributed by atoms with E-state index in [1.807, 2.05) is 11.3 Å². The summed E-state index contributed by atoms with van der Waals surface area (Å²) in [5.74, 6) is 0. The van der Waals surface area contributed by atoms with E-state index in [-0.39, 0.29) is 6.10 Å². The fourth-order valence-electron chi connectivity index (χ4n) is 2.06. The number of hydrogen-bond donors (Lipinski definition) is 1. The highest BCUT2D eigenvalue weighted by Crippen LogP contribution is 2.50. The van der Waals surface area contributed by atoms with Gasteiger partial charge in [0.25, 0.3) is 0 Å². The lowest BCUT2D eigenvalue weighted by atomic mass is 10.0. The fraction of sp³-hybridized carbons (Fsp3) is 0.727. The van der Waals surface area contributed by atoms with Gasteiger partial charge in [0.15, 0.2) is 0 Å². The van der Waals surface area contributed by atoms with Gasteiger partial charge in [-0.25, -0.2) is 4.98 Å². The van der Waals surface area contributed by atoms with Crippen molar-refractivity contribution in [2.24, 2.45) is 0 Å². The third-order valence-electron chi connectivity index (χ3n) is 3.44. The van der Waals surface area contributed by atoms with Crippen LogP contribution >= 0.6 is 11.3 Å². The van der Waals surface area contributed by atoms with E-state index in [1.54, 1.807) is 0 Å². The molecule has 2 aliphatic carbocycles. The number of aliphatic hydroxyl groups is 1. The Morgan fingerprint density at radius 2 is 2.29 bits per heavy atom. The number of aliphatic hydroxyl groups excluding tert-OH is 1. The van der Waals surface area contributed by atoms with Crippen molar-refractivity contribution < 1.29 is 5.11 Å². The predicted octanol–water partition coefficient (Wildman–Crippen LogP) is 2.56. The molecular weight excluding hydrogens is 194 g/mol. The number of fused-ring (bicyclic) bond motifs is 1. The molecule has 0 bridgehead atoms. The number of hydrogen-bond acceptors (Lipinski definition) is 3. The molecule has 1 aromatic heterocycles. The van der Waals surface area contributed by atoms with Crippen LogP contribution in [0.25, 0.3) is 0 Å². The smallest absolute Gasteiger partial charge is 0.0991 e. The van der Waals surface area contributed by atoms with Gasteiger partial charge in [0, 0.05) is 10.3 Å². The van der Waals surface area contributed by atoms with Crippen molar-refractivity contribution in [3.05, 3.63) is 15.6 Å². The second-order valence-corrected chi connectivity index (χ2v) is 5.88. The average Bonchev–Trinajstić information content (AvgIpc) is 2.77. The molecule has 0 radical (unpaired) electrons. The van der Waals surface area contributed by atoms with E-state index in [2.05, 4.69) is 11.9 Å². The van der Waals surface area contributed by atoms with Crippen molar-refractivity contribution >= 4 is 11.3 Å². The summed E-state index contributed by atoms with van der Waals surface area (Å²) in [6.45, 7) is 2.28. The molecule has 0 saturated heterocycles. The van der Waals surface area contributed by atoms with Crippen LogP contribution in [0.4, 0.5) is 0 Å². The lowest BCUT2D eigenvalue weighted by molar-refractivity contribution is 0.152. The maximum atomic E-state index is 9.80. The van der Waals surface area contributed by atoms with Crippen molar-refractivity contribution in [3.8, 4) is 0 Å². The van der Waals surface area contributed by atoms with Crippen LogP contribution in [0.1, 0.15) is 54.3 Å². The van der Waals surface area contributed by atoms with Crippen LogP contribution in [0.3, 0.4) is 0 Å². The molecule has 1 unspecified atom stereocenters. The van der Waals surface area contributed by atoms with Crippen molar-refractivity contribution in [3.63, 3.8) is 0 Å². The normalized spacial score (nSPS) is 28.6. The van der Waals surface area contributed by atoms with E-state index in [1.165, 1.54) is 22.7 Å². The minimum absolute atomic E-state index is 0.286. The molecule has 1 heterocycles. The highest BCUT2D eigenvalue weighted by molar-refractivity contribution is 7.12. The van der Waals surface area contributed by atoms with Gasteiger partial charge >= 0.3 is 0 Å². The fourth-order valence-corrected chi connectivity index (χ4v) is 3.42. The zero-order valence-corrected chi connectivity index (χ0v) is 9.23.